The van der Waals surface area contributed by atoms with Gasteiger partial charge >= 0.3 is 16.8 Å². The Morgan fingerprint density at radius 3 is 1.05 bits per heavy atom. The molecule has 0 heterocycles. The molecule has 0 bridgehead atoms. The Hall–Kier alpha value is -1.69. The van der Waals surface area contributed by atoms with Crippen LogP contribution in [0.5, 0.6) is 0 Å². The maximum atomic E-state index is 9.97. The molecule has 0 aliphatic rings. The maximum absolute atomic E-state index is 9.97. The molecule has 0 saturated carbocycles. The van der Waals surface area contributed by atoms with E-state index in [9.17, 15) is 29.4 Å². The molecule has 0 fully saturated rings. The smallest absolute Gasteiger partial charge is 0.548 e. The number of carboxylic acids is 2. The number of carbonyl (C=O) groups excluding carboxylic acids is 4. The van der Waals surface area contributed by atoms with Crippen LogP contribution in [-0.4, -0.2) is 35.8 Å². The Morgan fingerprint density at radius 1 is 0.789 bits per heavy atom. The molecule has 0 aromatic heterocycles. The van der Waals surface area contributed by atoms with Crippen LogP contribution >= 0.6 is 0 Å². The van der Waals surface area contributed by atoms with Gasteiger partial charge in [-0.2, -0.15) is 0 Å². The number of nitrogens with two attached hydrogens (primary N) is 4. The first-order valence-electron chi connectivity index (χ1n) is 4.57. The van der Waals surface area contributed by atoms with Gasteiger partial charge in [0.2, 0.25) is 11.8 Å². The molecule has 0 saturated heterocycles. The van der Waals surface area contributed by atoms with E-state index in [1.807, 2.05) is 0 Å². The summed E-state index contributed by atoms with van der Waals surface area (Å²) in [5.74, 6) is -4.42. The van der Waals surface area contributed by atoms with E-state index in [1.54, 1.807) is 0 Å². The number of primary amides is 2. The first-order chi connectivity index (χ1) is 8.07. The topological polar surface area (TPSA) is 218 Å². The minimum atomic E-state index is -1.46. The summed E-state index contributed by atoms with van der Waals surface area (Å²) in [6.07, 6.45) is -0.745. The zero-order valence-corrected chi connectivity index (χ0v) is 10.7. The fourth-order valence-electron chi connectivity index (χ4n) is 0.600. The number of aliphatic carboxylic acids is 2. The van der Waals surface area contributed by atoms with Gasteiger partial charge < -0.3 is 42.7 Å². The van der Waals surface area contributed by atoms with E-state index in [0.717, 1.165) is 0 Å². The first-order valence-corrected chi connectivity index (χ1v) is 4.57. The summed E-state index contributed by atoms with van der Waals surface area (Å²) in [4.78, 5) is 39.5. The van der Waals surface area contributed by atoms with Gasteiger partial charge in [-0.1, -0.05) is 0 Å². The molecular formula is C8H14CoN4O6. The number of hydrogen-bond acceptors (Lipinski definition) is 8. The molecule has 0 aromatic carbocycles. The van der Waals surface area contributed by atoms with Crippen molar-refractivity contribution >= 4 is 23.8 Å². The molecular weight excluding hydrogens is 307 g/mol. The SMILES string of the molecule is NC(=O)C[C@H](N)C(=O)[O-].NC(=O)C[C@H](N)C(=O)[O-].[Co+2]. The van der Waals surface area contributed by atoms with Crippen LogP contribution in [0.25, 0.3) is 0 Å². The predicted octanol–water partition coefficient (Wildman–Crippen LogP) is -6.12. The largest absolute Gasteiger partial charge is 2.00 e. The maximum Gasteiger partial charge on any atom is 2.00 e. The van der Waals surface area contributed by atoms with Crippen molar-refractivity contribution in [3.8, 4) is 0 Å². The monoisotopic (exact) mass is 321 g/mol. The summed E-state index contributed by atoms with van der Waals surface area (Å²) in [6, 6.07) is -2.55. The number of carbonyl (C=O) groups is 4. The van der Waals surface area contributed by atoms with Crippen LogP contribution in [0.3, 0.4) is 0 Å². The van der Waals surface area contributed by atoms with Crippen LogP contribution in [-0.2, 0) is 36.0 Å². The van der Waals surface area contributed by atoms with Gasteiger partial charge in [-0.05, 0) is 0 Å². The van der Waals surface area contributed by atoms with Gasteiger partial charge in [0.25, 0.3) is 0 Å². The molecule has 0 rings (SSSR count). The molecule has 0 aliphatic carbocycles. The predicted molar refractivity (Wildman–Crippen MR) is 53.6 cm³/mol. The normalized spacial score (nSPS) is 11.9. The summed E-state index contributed by atoms with van der Waals surface area (Å²) < 4.78 is 0. The van der Waals surface area contributed by atoms with Crippen molar-refractivity contribution in [2.45, 2.75) is 24.9 Å². The second-order valence-corrected chi connectivity index (χ2v) is 3.19. The fraction of sp³-hybridized carbons (Fsp3) is 0.500. The second kappa shape index (κ2) is 11.4. The van der Waals surface area contributed by atoms with E-state index in [0.29, 0.717) is 0 Å². The van der Waals surface area contributed by atoms with Crippen LogP contribution in [0.4, 0.5) is 0 Å². The summed E-state index contributed by atoms with van der Waals surface area (Å²) in [6.45, 7) is 0. The van der Waals surface area contributed by atoms with Crippen LogP contribution in [0.2, 0.25) is 0 Å². The standard InChI is InChI=1S/2C4H8N2O3.Co/c2*5-2(4(8)9)1-3(6)7;/h2*2H,1,5H2,(H2,6,7)(H,8,9);/q;;+2/p-2/t2*2-;/m00./s1. The summed E-state index contributed by atoms with van der Waals surface area (Å²) in [5.41, 5.74) is 19.0. The molecule has 1 radical (unpaired) electrons. The fourth-order valence-corrected chi connectivity index (χ4v) is 0.600. The zero-order valence-electron chi connectivity index (χ0n) is 9.66. The second-order valence-electron chi connectivity index (χ2n) is 3.19. The van der Waals surface area contributed by atoms with E-state index in [4.69, 9.17) is 11.5 Å². The molecule has 10 nitrogen and oxygen atoms in total. The van der Waals surface area contributed by atoms with Crippen LogP contribution in [0.15, 0.2) is 0 Å². The summed E-state index contributed by atoms with van der Waals surface area (Å²) in [5, 5.41) is 19.6. The molecule has 111 valence electrons. The van der Waals surface area contributed by atoms with Gasteiger partial charge in [-0.25, -0.2) is 0 Å². The van der Waals surface area contributed by atoms with Crippen LogP contribution in [0.1, 0.15) is 12.8 Å². The van der Waals surface area contributed by atoms with Gasteiger partial charge in [0.05, 0.1) is 24.0 Å². The number of carboxylic acid groups (broad SMARTS) is 2. The van der Waals surface area contributed by atoms with E-state index in [1.165, 1.54) is 0 Å². The number of hydrogen-bond donors (Lipinski definition) is 4. The van der Waals surface area contributed by atoms with Crippen LogP contribution < -0.4 is 33.1 Å². The van der Waals surface area contributed by atoms with Gasteiger partial charge in [-0.3, -0.25) is 9.59 Å². The van der Waals surface area contributed by atoms with E-state index in [2.05, 4.69) is 11.5 Å². The van der Waals surface area contributed by atoms with E-state index < -0.39 is 35.8 Å². The molecule has 0 aromatic rings. The molecule has 11 heteroatoms. The summed E-state index contributed by atoms with van der Waals surface area (Å²) >= 11 is 0. The molecule has 2 atom stereocenters. The third-order valence-electron chi connectivity index (χ3n) is 1.45. The van der Waals surface area contributed by atoms with E-state index >= 15 is 0 Å². The molecule has 19 heavy (non-hydrogen) atoms. The Morgan fingerprint density at radius 2 is 1.00 bits per heavy atom. The minimum absolute atomic E-state index is 0. The van der Waals surface area contributed by atoms with Gasteiger partial charge in [0.15, 0.2) is 0 Å². The minimum Gasteiger partial charge on any atom is -0.548 e. The van der Waals surface area contributed by atoms with Crippen molar-refractivity contribution in [3.63, 3.8) is 0 Å². The van der Waals surface area contributed by atoms with Gasteiger partial charge in [0.1, 0.15) is 0 Å². The van der Waals surface area contributed by atoms with Crippen LogP contribution in [0, 0.1) is 0 Å². The quantitative estimate of drug-likeness (QED) is 0.367. The third kappa shape index (κ3) is 16.3. The van der Waals surface area contributed by atoms with Crippen molar-refractivity contribution in [2.75, 3.05) is 0 Å². The molecule has 0 spiro atoms. The molecule has 0 unspecified atom stereocenters. The van der Waals surface area contributed by atoms with Crippen molar-refractivity contribution < 1.29 is 46.2 Å². The molecule has 2 amide bonds. The number of rotatable bonds is 6. The molecule has 0 aliphatic heterocycles. The van der Waals surface area contributed by atoms with E-state index in [-0.39, 0.29) is 29.6 Å². The van der Waals surface area contributed by atoms with Gasteiger partial charge in [0, 0.05) is 12.8 Å². The van der Waals surface area contributed by atoms with Crippen molar-refractivity contribution in [1.29, 1.82) is 0 Å². The number of amides is 2. The van der Waals surface area contributed by atoms with Crippen molar-refractivity contribution in [1.82, 2.24) is 0 Å². The van der Waals surface area contributed by atoms with Gasteiger partial charge in [-0.15, -0.1) is 0 Å². The zero-order chi connectivity index (χ0) is 14.9. The third-order valence-corrected chi connectivity index (χ3v) is 1.45. The van der Waals surface area contributed by atoms with Crippen molar-refractivity contribution in [2.24, 2.45) is 22.9 Å². The average Bonchev–Trinajstić information content (AvgIpc) is 2.16. The Bertz CT molecular complexity index is 305. The molecule has 8 N–H and O–H groups in total. The first kappa shape index (κ1) is 22.5. The Balaban J connectivity index is -0.000000256. The Kier molecular flexibility index (Phi) is 13.5. The summed E-state index contributed by atoms with van der Waals surface area (Å²) in [7, 11) is 0. The van der Waals surface area contributed by atoms with Crippen molar-refractivity contribution in [3.05, 3.63) is 0 Å². The Labute approximate surface area is 118 Å². The average molecular weight is 321 g/mol.